The quantitative estimate of drug-likeness (QED) is 0.0683. The summed E-state index contributed by atoms with van der Waals surface area (Å²) in [7, 11) is 0. The van der Waals surface area contributed by atoms with Crippen LogP contribution >= 0.6 is 0 Å². The molecule has 6 nitrogen and oxygen atoms in total. The summed E-state index contributed by atoms with van der Waals surface area (Å²) < 4.78 is 0. The molecule has 111 heavy (non-hydrogen) atoms. The van der Waals surface area contributed by atoms with E-state index in [4.69, 9.17) is 30.0 Å². The zero-order chi connectivity index (χ0) is 74.5. The van der Waals surface area contributed by atoms with Gasteiger partial charge in [-0.3, -0.25) is 9.98 Å². The lowest BCUT2D eigenvalue weighted by Gasteiger charge is -2.31. The molecule has 0 saturated heterocycles. The van der Waals surface area contributed by atoms with E-state index in [0.29, 0.717) is 29.9 Å². The van der Waals surface area contributed by atoms with Crippen molar-refractivity contribution in [3.8, 4) is 111 Å². The Morgan fingerprint density at radius 1 is 0.198 bits per heavy atom. The minimum absolute atomic E-state index is 0.283. The molecule has 1 spiro atoms. The Morgan fingerprint density at radius 3 is 0.793 bits per heavy atom. The molecule has 0 amide bonds. The fraction of sp³-hybridized carbons (Fsp3) is 0.0286. The molecule has 0 aliphatic heterocycles. The van der Waals surface area contributed by atoms with Crippen LogP contribution in [-0.2, 0) is 18.5 Å². The Hall–Kier alpha value is -14.5. The number of aliphatic imine (C=N–C) groups is 6. The molecule has 0 heterocycles. The van der Waals surface area contributed by atoms with Gasteiger partial charge in [0.05, 0.1) is 18.5 Å². The second kappa shape index (κ2) is 30.4. The van der Waals surface area contributed by atoms with Gasteiger partial charge in [0.25, 0.3) is 0 Å². The summed E-state index contributed by atoms with van der Waals surface area (Å²) in [6.45, 7) is 9.12. The Kier molecular flexibility index (Phi) is 18.7. The average Bonchev–Trinajstić information content (AvgIpc) is 1.51. The predicted octanol–water partition coefficient (Wildman–Crippen LogP) is 25.6. The molecule has 2 aliphatic carbocycles. The van der Waals surface area contributed by atoms with Crippen LogP contribution in [0.25, 0.3) is 111 Å². The van der Waals surface area contributed by atoms with Crippen LogP contribution < -0.4 is 0 Å². The van der Waals surface area contributed by atoms with Gasteiger partial charge in [-0.05, 0) is 237 Å². The predicted molar refractivity (Wildman–Crippen MR) is 465 cm³/mol. The maximum absolute atomic E-state index is 5.72. The van der Waals surface area contributed by atoms with Crippen molar-refractivity contribution in [1.82, 2.24) is 0 Å². The molecule has 2 aliphatic rings. The maximum atomic E-state index is 5.72. The minimum atomic E-state index is -0.791. The number of nitrogens with zero attached hydrogens (tertiary/aromatic N) is 6. The van der Waals surface area contributed by atoms with Crippen molar-refractivity contribution >= 4 is 36.8 Å². The minimum Gasteiger partial charge on any atom is -0.261 e. The molecule has 1 unspecified atom stereocenters. The van der Waals surface area contributed by atoms with E-state index >= 15 is 0 Å². The van der Waals surface area contributed by atoms with Crippen molar-refractivity contribution in [3.05, 3.63) is 456 Å². The average molecular weight is 1420 g/mol. The van der Waals surface area contributed by atoms with Crippen LogP contribution in [0.2, 0.25) is 0 Å². The number of amidine groups is 4. The van der Waals surface area contributed by atoms with Crippen LogP contribution in [0.15, 0.2) is 430 Å². The summed E-state index contributed by atoms with van der Waals surface area (Å²) in [6, 6.07) is 142. The van der Waals surface area contributed by atoms with Gasteiger partial charge in [0.1, 0.15) is 0 Å². The first-order chi connectivity index (χ1) is 54.9. The maximum Gasteiger partial charge on any atom is 0.161 e. The molecule has 0 aromatic heterocycles. The highest BCUT2D eigenvalue weighted by Gasteiger charge is 2.52. The van der Waals surface area contributed by atoms with Gasteiger partial charge in [-0.2, -0.15) is 0 Å². The SMILES string of the molecule is C=NC(=NC(=NCc1ccc2c(c1)C1(c3ccccc3-2)c2ccccc2-c2ccc(C(=NCc3cc(-c4ccccc4)cc(-c4ccccc4)c3)N=C(N=C)c3cc(-c4ccccc4)cc(-c4ccccc4)c3)cc21)c1cc(-c2ccccc2)cc(-c2ccccc2)c1)c1cc(-c2ccccc2)cc(-c2ccccc2)c1. The molecule has 524 valence electrons. The Bertz CT molecular complexity index is 6070. The lowest BCUT2D eigenvalue weighted by atomic mass is 9.70. The van der Waals surface area contributed by atoms with Gasteiger partial charge in [0.2, 0.25) is 0 Å². The summed E-state index contributed by atoms with van der Waals surface area (Å²) in [5.41, 5.74) is 31.0. The highest BCUT2D eigenvalue weighted by atomic mass is 15.0. The molecular formula is C105H74N6. The third-order valence-corrected chi connectivity index (χ3v) is 21.4. The smallest absolute Gasteiger partial charge is 0.161 e. The molecule has 0 fully saturated rings. The van der Waals surface area contributed by atoms with Crippen molar-refractivity contribution in [2.75, 3.05) is 0 Å². The fourth-order valence-electron chi connectivity index (χ4n) is 16.2. The van der Waals surface area contributed by atoms with E-state index in [1.165, 1.54) is 22.3 Å². The number of rotatable bonds is 16. The Morgan fingerprint density at radius 2 is 0.459 bits per heavy atom. The molecule has 0 N–H and O–H groups in total. The van der Waals surface area contributed by atoms with Crippen LogP contribution in [-0.4, -0.2) is 36.8 Å². The van der Waals surface area contributed by atoms with Gasteiger partial charge in [0.15, 0.2) is 23.3 Å². The van der Waals surface area contributed by atoms with Gasteiger partial charge in [-0.15, -0.1) is 0 Å². The second-order valence-electron chi connectivity index (χ2n) is 28.2. The summed E-state index contributed by atoms with van der Waals surface area (Å²) in [6.07, 6.45) is 0. The molecule has 0 radical (unpaired) electrons. The van der Waals surface area contributed by atoms with Gasteiger partial charge in [-0.1, -0.05) is 322 Å². The highest BCUT2D eigenvalue weighted by Crippen LogP contribution is 2.63. The van der Waals surface area contributed by atoms with Crippen molar-refractivity contribution in [1.29, 1.82) is 0 Å². The normalized spacial score (nSPS) is 13.6. The fourth-order valence-corrected chi connectivity index (χ4v) is 16.2. The monoisotopic (exact) mass is 1420 g/mol. The second-order valence-corrected chi connectivity index (χ2v) is 28.2. The first-order valence-electron chi connectivity index (χ1n) is 37.6. The van der Waals surface area contributed by atoms with Crippen LogP contribution in [0, 0.1) is 0 Å². The standard InChI is InChI=1S/C105H74N6/c1-106-101(90-62-84(75-35-15-5-16-36-75)59-85(63-90)76-37-17-6-18-38-76)110-103(109-70-72-55-82(73-31-11-3-12-32-73)58-83(56-72)74-33-13-4-14-34-74)81-52-54-96-94-48-28-30-50-98(94)105(100(96)68-81)97-49-29-27-47-93(97)95-53-51-71(57-99(95)105)69-108-104(92-66-88(79-43-23-9-24-44-79)61-89(67-92)80-45-25-10-26-46-80)111-102(107-2)91-64-86(77-39-19-7-20-40-77)60-87(65-91)78-41-21-8-22-42-78/h3-68H,1-2,69-70H2. The lowest BCUT2D eigenvalue weighted by molar-refractivity contribution is 0.790. The van der Waals surface area contributed by atoms with E-state index in [-0.39, 0.29) is 6.54 Å². The summed E-state index contributed by atoms with van der Waals surface area (Å²) in [5.74, 6) is 1.94. The van der Waals surface area contributed by atoms with Crippen molar-refractivity contribution in [3.63, 3.8) is 0 Å². The Labute approximate surface area is 648 Å². The van der Waals surface area contributed by atoms with E-state index in [2.05, 4.69) is 390 Å². The number of hydrogen-bond donors (Lipinski definition) is 0. The van der Waals surface area contributed by atoms with Gasteiger partial charge in [-0.25, -0.2) is 20.0 Å². The summed E-state index contributed by atoms with van der Waals surface area (Å²) in [5, 5.41) is 0. The van der Waals surface area contributed by atoms with Crippen LogP contribution in [0.4, 0.5) is 0 Å². The third-order valence-electron chi connectivity index (χ3n) is 21.4. The molecule has 16 aromatic carbocycles. The van der Waals surface area contributed by atoms with E-state index in [1.807, 2.05) is 24.3 Å². The van der Waals surface area contributed by atoms with E-state index in [1.54, 1.807) is 0 Å². The van der Waals surface area contributed by atoms with Crippen LogP contribution in [0.5, 0.6) is 0 Å². The molecule has 1 atom stereocenters. The Balaban J connectivity index is 0.818. The van der Waals surface area contributed by atoms with E-state index < -0.39 is 5.41 Å². The largest absolute Gasteiger partial charge is 0.261 e. The summed E-state index contributed by atoms with van der Waals surface area (Å²) in [4.78, 5) is 32.3. The zero-order valence-electron chi connectivity index (χ0n) is 61.1. The van der Waals surface area contributed by atoms with Crippen LogP contribution in [0.3, 0.4) is 0 Å². The molecule has 6 heteroatoms. The van der Waals surface area contributed by atoms with Crippen molar-refractivity contribution < 1.29 is 0 Å². The molecule has 0 saturated carbocycles. The number of benzene rings is 16. The topological polar surface area (TPSA) is 74.2 Å². The van der Waals surface area contributed by atoms with Gasteiger partial charge in [0, 0.05) is 22.3 Å². The highest BCUT2D eigenvalue weighted by molar-refractivity contribution is 6.15. The number of hydrogen-bond acceptors (Lipinski definition) is 2. The lowest BCUT2D eigenvalue weighted by Crippen LogP contribution is -2.26. The first-order valence-corrected chi connectivity index (χ1v) is 37.6. The van der Waals surface area contributed by atoms with Gasteiger partial charge < -0.3 is 0 Å². The van der Waals surface area contributed by atoms with Crippen molar-refractivity contribution in [2.45, 2.75) is 18.5 Å². The van der Waals surface area contributed by atoms with E-state index in [9.17, 15) is 0 Å². The molecule has 18 rings (SSSR count). The molecular weight excluding hydrogens is 1350 g/mol. The van der Waals surface area contributed by atoms with Gasteiger partial charge >= 0.3 is 0 Å². The summed E-state index contributed by atoms with van der Waals surface area (Å²) >= 11 is 0. The number of fused-ring (bicyclic) bond motifs is 10. The zero-order valence-corrected chi connectivity index (χ0v) is 61.1. The van der Waals surface area contributed by atoms with Crippen LogP contribution in [0.1, 0.15) is 55.6 Å². The van der Waals surface area contributed by atoms with E-state index in [0.717, 1.165) is 145 Å². The third kappa shape index (κ3) is 13.6. The first kappa shape index (κ1) is 68.4. The van der Waals surface area contributed by atoms with Crippen molar-refractivity contribution in [2.24, 2.45) is 30.0 Å². The molecule has 0 bridgehead atoms. The molecule has 16 aromatic rings.